The number of rotatable bonds is 6. The zero-order valence-corrected chi connectivity index (χ0v) is 16.7. The van der Waals surface area contributed by atoms with Gasteiger partial charge >= 0.3 is 0 Å². The van der Waals surface area contributed by atoms with Crippen LogP contribution in [0.1, 0.15) is 19.4 Å². The normalized spacial score (nSPS) is 12.1. The molecule has 0 heterocycles. The molecular weight excluding hydrogens is 413 g/mol. The molecule has 0 saturated heterocycles. The van der Waals surface area contributed by atoms with Gasteiger partial charge in [0.05, 0.1) is 0 Å². The predicted molar refractivity (Wildman–Crippen MR) is 102 cm³/mol. The van der Waals surface area contributed by atoms with Crippen LogP contribution < -0.4 is 10.6 Å². The van der Waals surface area contributed by atoms with Crippen LogP contribution in [0.4, 0.5) is 8.78 Å². The fourth-order valence-corrected chi connectivity index (χ4v) is 2.31. The number of benzene rings is 1. The molecule has 23 heavy (non-hydrogen) atoms. The van der Waals surface area contributed by atoms with Crippen LogP contribution in [0.2, 0.25) is 0 Å². The number of guanidine groups is 1. The molecule has 0 aliphatic heterocycles. The Kier molecular flexibility index (Phi) is 9.60. The third-order valence-electron chi connectivity index (χ3n) is 3.16. The van der Waals surface area contributed by atoms with Crippen molar-refractivity contribution in [1.82, 2.24) is 15.5 Å². The van der Waals surface area contributed by atoms with Crippen molar-refractivity contribution < 1.29 is 8.78 Å². The molecular formula is C16H27F2IN4. The van der Waals surface area contributed by atoms with Crippen molar-refractivity contribution in [2.45, 2.75) is 20.4 Å². The monoisotopic (exact) mass is 440 g/mol. The van der Waals surface area contributed by atoms with E-state index in [2.05, 4.69) is 34.4 Å². The first kappa shape index (κ1) is 22.0. The second-order valence-corrected chi connectivity index (χ2v) is 6.42. The Morgan fingerprint density at radius 2 is 1.87 bits per heavy atom. The molecule has 0 amide bonds. The number of halogens is 3. The molecule has 1 aromatic rings. The first-order valence-corrected chi connectivity index (χ1v) is 7.27. The molecule has 0 atom stereocenters. The van der Waals surface area contributed by atoms with Gasteiger partial charge in [-0.25, -0.2) is 8.78 Å². The van der Waals surface area contributed by atoms with Gasteiger partial charge in [0, 0.05) is 32.2 Å². The largest absolute Gasteiger partial charge is 0.356 e. The van der Waals surface area contributed by atoms with Crippen molar-refractivity contribution in [3.8, 4) is 0 Å². The van der Waals surface area contributed by atoms with E-state index in [9.17, 15) is 8.78 Å². The molecule has 1 aromatic carbocycles. The highest BCUT2D eigenvalue weighted by molar-refractivity contribution is 14.0. The van der Waals surface area contributed by atoms with Gasteiger partial charge in [-0.3, -0.25) is 4.99 Å². The van der Waals surface area contributed by atoms with Gasteiger partial charge in [0.25, 0.3) is 0 Å². The Morgan fingerprint density at radius 3 is 2.43 bits per heavy atom. The van der Waals surface area contributed by atoms with Crippen molar-refractivity contribution >= 4 is 29.9 Å². The first-order chi connectivity index (χ1) is 10.2. The van der Waals surface area contributed by atoms with Gasteiger partial charge in [-0.15, -0.1) is 24.0 Å². The van der Waals surface area contributed by atoms with Crippen molar-refractivity contribution in [2.75, 3.05) is 34.2 Å². The molecule has 0 radical (unpaired) electrons. The Balaban J connectivity index is 0.00000484. The average molecular weight is 440 g/mol. The molecule has 0 fully saturated rings. The number of nitrogens with one attached hydrogen (secondary N) is 2. The van der Waals surface area contributed by atoms with Gasteiger partial charge in [0.15, 0.2) is 5.96 Å². The van der Waals surface area contributed by atoms with Gasteiger partial charge in [-0.05, 0) is 37.7 Å². The van der Waals surface area contributed by atoms with Gasteiger partial charge in [0.2, 0.25) is 0 Å². The van der Waals surface area contributed by atoms with E-state index in [0.717, 1.165) is 25.2 Å². The Hall–Kier alpha value is -0.960. The smallest absolute Gasteiger partial charge is 0.191 e. The Labute approximate surface area is 154 Å². The van der Waals surface area contributed by atoms with Gasteiger partial charge in [0.1, 0.15) is 11.6 Å². The van der Waals surface area contributed by atoms with Crippen LogP contribution in [0, 0.1) is 17.0 Å². The van der Waals surface area contributed by atoms with E-state index in [0.29, 0.717) is 5.96 Å². The molecule has 0 unspecified atom stereocenters. The topological polar surface area (TPSA) is 39.7 Å². The van der Waals surface area contributed by atoms with Crippen LogP contribution in [0.15, 0.2) is 23.2 Å². The van der Waals surface area contributed by atoms with Gasteiger partial charge in [-0.1, -0.05) is 13.8 Å². The molecule has 2 N–H and O–H groups in total. The van der Waals surface area contributed by atoms with E-state index < -0.39 is 11.6 Å². The van der Waals surface area contributed by atoms with E-state index in [-0.39, 0.29) is 41.5 Å². The highest BCUT2D eigenvalue weighted by Crippen LogP contribution is 2.14. The molecule has 0 aliphatic rings. The van der Waals surface area contributed by atoms with Crippen LogP contribution in [0.3, 0.4) is 0 Å². The lowest BCUT2D eigenvalue weighted by atomic mass is 9.93. The van der Waals surface area contributed by atoms with Crippen LogP contribution in [-0.4, -0.2) is 45.1 Å². The SMILES string of the molecule is CN=C(NCc1cc(F)ccc1F)NCC(C)(C)CN(C)C.I. The second-order valence-electron chi connectivity index (χ2n) is 6.42. The Morgan fingerprint density at radius 1 is 1.22 bits per heavy atom. The molecule has 0 saturated carbocycles. The third kappa shape index (κ3) is 8.45. The van der Waals surface area contributed by atoms with Crippen molar-refractivity contribution in [2.24, 2.45) is 10.4 Å². The van der Waals surface area contributed by atoms with Crippen molar-refractivity contribution in [1.29, 1.82) is 0 Å². The maximum Gasteiger partial charge on any atom is 0.191 e. The van der Waals surface area contributed by atoms with E-state index >= 15 is 0 Å². The molecule has 0 bridgehead atoms. The minimum atomic E-state index is -0.451. The summed E-state index contributed by atoms with van der Waals surface area (Å²) in [5, 5.41) is 6.21. The molecule has 0 aromatic heterocycles. The van der Waals surface area contributed by atoms with E-state index in [1.54, 1.807) is 7.05 Å². The molecule has 0 spiro atoms. The number of nitrogens with zero attached hydrogens (tertiary/aromatic N) is 2. The summed E-state index contributed by atoms with van der Waals surface area (Å²) in [5.41, 5.74) is 0.334. The fourth-order valence-electron chi connectivity index (χ4n) is 2.31. The van der Waals surface area contributed by atoms with E-state index in [1.165, 1.54) is 6.07 Å². The predicted octanol–water partition coefficient (Wildman–Crippen LogP) is 2.84. The lowest BCUT2D eigenvalue weighted by Gasteiger charge is -2.29. The summed E-state index contributed by atoms with van der Waals surface area (Å²) in [6.07, 6.45) is 0. The van der Waals surface area contributed by atoms with Crippen LogP contribution in [0.5, 0.6) is 0 Å². The highest BCUT2D eigenvalue weighted by Gasteiger charge is 2.19. The summed E-state index contributed by atoms with van der Waals surface area (Å²) in [6, 6.07) is 3.42. The van der Waals surface area contributed by atoms with Crippen molar-refractivity contribution in [3.63, 3.8) is 0 Å². The van der Waals surface area contributed by atoms with Crippen LogP contribution >= 0.6 is 24.0 Å². The summed E-state index contributed by atoms with van der Waals surface area (Å²) in [5.74, 6) is -0.318. The van der Waals surface area contributed by atoms with E-state index in [1.807, 2.05) is 14.1 Å². The summed E-state index contributed by atoms with van der Waals surface area (Å²) in [4.78, 5) is 6.23. The number of hydrogen-bond acceptors (Lipinski definition) is 2. The highest BCUT2D eigenvalue weighted by atomic mass is 127. The maximum absolute atomic E-state index is 13.6. The summed E-state index contributed by atoms with van der Waals surface area (Å²) < 4.78 is 26.7. The number of aliphatic imine (C=N–C) groups is 1. The first-order valence-electron chi connectivity index (χ1n) is 7.27. The molecule has 132 valence electrons. The quantitative estimate of drug-likeness (QED) is 0.406. The summed E-state index contributed by atoms with van der Waals surface area (Å²) in [6.45, 7) is 6.13. The standard InChI is InChI=1S/C16H26F2N4.HI/c1-16(2,11-22(4)5)10-21-15(19-3)20-9-12-8-13(17)6-7-14(12)18;/h6-8H,9-11H2,1-5H3,(H2,19,20,21);1H. The van der Waals surface area contributed by atoms with Gasteiger partial charge in [-0.2, -0.15) is 0 Å². The lowest BCUT2D eigenvalue weighted by Crippen LogP contribution is -2.44. The molecule has 0 aliphatic carbocycles. The van der Waals surface area contributed by atoms with Crippen molar-refractivity contribution in [3.05, 3.63) is 35.4 Å². The van der Waals surface area contributed by atoms with Crippen LogP contribution in [-0.2, 0) is 6.54 Å². The maximum atomic E-state index is 13.6. The third-order valence-corrected chi connectivity index (χ3v) is 3.16. The minimum absolute atomic E-state index is 0. The summed E-state index contributed by atoms with van der Waals surface area (Å²) >= 11 is 0. The Bertz CT molecular complexity index is 519. The molecule has 7 heteroatoms. The van der Waals surface area contributed by atoms with Gasteiger partial charge < -0.3 is 15.5 Å². The molecule has 4 nitrogen and oxygen atoms in total. The van der Waals surface area contributed by atoms with E-state index in [4.69, 9.17) is 0 Å². The summed E-state index contributed by atoms with van der Waals surface area (Å²) in [7, 11) is 5.71. The zero-order valence-electron chi connectivity index (χ0n) is 14.4. The van der Waals surface area contributed by atoms with Crippen LogP contribution in [0.25, 0.3) is 0 Å². The molecule has 1 rings (SSSR count). The number of hydrogen-bond donors (Lipinski definition) is 2. The second kappa shape index (κ2) is 10.0. The fraction of sp³-hybridized carbons (Fsp3) is 0.562. The lowest BCUT2D eigenvalue weighted by molar-refractivity contribution is 0.241. The average Bonchev–Trinajstić information content (AvgIpc) is 2.41. The zero-order chi connectivity index (χ0) is 16.8. The minimum Gasteiger partial charge on any atom is -0.356 e.